The summed E-state index contributed by atoms with van der Waals surface area (Å²) in [5.41, 5.74) is 2.49. The maximum atomic E-state index is 11.1. The summed E-state index contributed by atoms with van der Waals surface area (Å²) in [5, 5.41) is 12.3. The normalized spacial score (nSPS) is 15.0. The predicted molar refractivity (Wildman–Crippen MR) is 67.0 cm³/mol. The van der Waals surface area contributed by atoms with Gasteiger partial charge < -0.3 is 20.4 Å². The third-order valence-electron chi connectivity index (χ3n) is 2.85. The van der Waals surface area contributed by atoms with Gasteiger partial charge in [0.05, 0.1) is 17.6 Å². The fraction of sp³-hybridized carbons (Fsp3) is 0.417. The third-order valence-corrected chi connectivity index (χ3v) is 2.85. The average molecular weight is 235 g/mol. The van der Waals surface area contributed by atoms with Crippen molar-refractivity contribution in [2.24, 2.45) is 0 Å². The van der Waals surface area contributed by atoms with Crippen molar-refractivity contribution >= 4 is 11.0 Å². The van der Waals surface area contributed by atoms with Crippen LogP contribution in [0.2, 0.25) is 0 Å². The monoisotopic (exact) mass is 235 g/mol. The van der Waals surface area contributed by atoms with Crippen LogP contribution in [-0.4, -0.2) is 27.7 Å². The van der Waals surface area contributed by atoms with Crippen molar-refractivity contribution in [3.8, 4) is 0 Å². The molecule has 0 aliphatic heterocycles. The smallest absolute Gasteiger partial charge is 0.323 e. The van der Waals surface area contributed by atoms with E-state index < -0.39 is 0 Å². The fourth-order valence-electron chi connectivity index (χ4n) is 1.90. The molecule has 0 fully saturated rings. The van der Waals surface area contributed by atoms with Crippen LogP contribution in [0.1, 0.15) is 25.5 Å². The Bertz CT molecular complexity index is 558. The van der Waals surface area contributed by atoms with E-state index >= 15 is 0 Å². The summed E-state index contributed by atoms with van der Waals surface area (Å²) < 4.78 is 0. The Balaban J connectivity index is 2.26. The number of imidazole rings is 1. The molecular weight excluding hydrogens is 218 g/mol. The first kappa shape index (κ1) is 11.9. The highest BCUT2D eigenvalue weighted by molar-refractivity contribution is 5.75. The molecule has 0 aliphatic rings. The van der Waals surface area contributed by atoms with Gasteiger partial charge in [-0.25, -0.2) is 4.79 Å². The Morgan fingerprint density at radius 3 is 2.71 bits per heavy atom. The van der Waals surface area contributed by atoms with Crippen LogP contribution in [0.5, 0.6) is 0 Å². The Kier molecular flexibility index (Phi) is 3.31. The summed E-state index contributed by atoms with van der Waals surface area (Å²) in [6.45, 7) is 4.05. The van der Waals surface area contributed by atoms with E-state index in [0.29, 0.717) is 0 Å². The van der Waals surface area contributed by atoms with E-state index in [0.717, 1.165) is 16.6 Å². The van der Waals surface area contributed by atoms with Crippen LogP contribution in [0.25, 0.3) is 11.0 Å². The van der Waals surface area contributed by atoms with Gasteiger partial charge in [0.15, 0.2) is 0 Å². The van der Waals surface area contributed by atoms with Gasteiger partial charge >= 0.3 is 5.69 Å². The van der Waals surface area contributed by atoms with Crippen molar-refractivity contribution in [2.75, 3.05) is 6.61 Å². The molecule has 1 heterocycles. The molecule has 0 bridgehead atoms. The van der Waals surface area contributed by atoms with E-state index in [1.807, 2.05) is 32.0 Å². The fourth-order valence-corrected chi connectivity index (χ4v) is 1.90. The van der Waals surface area contributed by atoms with Gasteiger partial charge in [0.1, 0.15) is 0 Å². The minimum absolute atomic E-state index is 0.0472. The zero-order chi connectivity index (χ0) is 12.4. The summed E-state index contributed by atoms with van der Waals surface area (Å²) in [7, 11) is 0. The molecular formula is C12H17N3O2. The Labute approximate surface area is 98.9 Å². The van der Waals surface area contributed by atoms with Crippen LogP contribution >= 0.6 is 0 Å². The van der Waals surface area contributed by atoms with Gasteiger partial charge in [-0.05, 0) is 31.5 Å². The predicted octanol–water partition coefficient (Wildman–Crippen LogP) is 0.888. The lowest BCUT2D eigenvalue weighted by Crippen LogP contribution is -2.31. The number of nitrogens with one attached hydrogen (secondary N) is 3. The second-order valence-electron chi connectivity index (χ2n) is 4.36. The Hall–Kier alpha value is -1.59. The maximum Gasteiger partial charge on any atom is 0.323 e. The molecule has 2 aromatic rings. The SMILES string of the molecule is CC(N[C@H](C)CO)c1ccc2[nH]c(=O)[nH]c2c1. The number of H-pyrrole nitrogens is 2. The number of aliphatic hydroxyl groups excluding tert-OH is 1. The van der Waals surface area contributed by atoms with Crippen molar-refractivity contribution in [1.82, 2.24) is 15.3 Å². The summed E-state index contributed by atoms with van der Waals surface area (Å²) in [4.78, 5) is 16.6. The molecule has 0 saturated heterocycles. The standard InChI is InChI=1S/C12H17N3O2/c1-7(6-16)13-8(2)9-3-4-10-11(5-9)15-12(17)14-10/h3-5,7-8,13,16H,6H2,1-2H3,(H2,14,15,17)/t7-,8?/m1/s1. The van der Waals surface area contributed by atoms with E-state index in [1.54, 1.807) is 0 Å². The van der Waals surface area contributed by atoms with Crippen LogP contribution in [0, 0.1) is 0 Å². The van der Waals surface area contributed by atoms with Gasteiger partial charge in [-0.15, -0.1) is 0 Å². The Morgan fingerprint density at radius 1 is 1.29 bits per heavy atom. The quantitative estimate of drug-likeness (QED) is 0.635. The molecule has 0 aliphatic carbocycles. The largest absolute Gasteiger partial charge is 0.395 e. The molecule has 0 saturated carbocycles. The lowest BCUT2D eigenvalue weighted by atomic mass is 10.1. The van der Waals surface area contributed by atoms with Crippen molar-refractivity contribution in [3.63, 3.8) is 0 Å². The average Bonchev–Trinajstić information content (AvgIpc) is 2.67. The van der Waals surface area contributed by atoms with Crippen LogP contribution in [0.3, 0.4) is 0 Å². The molecule has 0 spiro atoms. The highest BCUT2D eigenvalue weighted by Crippen LogP contribution is 2.17. The molecule has 5 nitrogen and oxygen atoms in total. The molecule has 4 N–H and O–H groups in total. The summed E-state index contributed by atoms with van der Waals surface area (Å²) >= 11 is 0. The minimum atomic E-state index is -0.193. The lowest BCUT2D eigenvalue weighted by molar-refractivity contribution is 0.243. The lowest BCUT2D eigenvalue weighted by Gasteiger charge is -2.18. The van der Waals surface area contributed by atoms with Crippen molar-refractivity contribution in [3.05, 3.63) is 34.2 Å². The van der Waals surface area contributed by atoms with Crippen molar-refractivity contribution in [2.45, 2.75) is 25.9 Å². The number of benzene rings is 1. The van der Waals surface area contributed by atoms with Crippen LogP contribution in [0.4, 0.5) is 0 Å². The highest BCUT2D eigenvalue weighted by atomic mass is 16.3. The molecule has 1 aromatic heterocycles. The van der Waals surface area contributed by atoms with E-state index in [4.69, 9.17) is 5.11 Å². The number of hydrogen-bond donors (Lipinski definition) is 4. The number of hydrogen-bond acceptors (Lipinski definition) is 3. The summed E-state index contributed by atoms with van der Waals surface area (Å²) in [6, 6.07) is 5.96. The number of aromatic nitrogens is 2. The van der Waals surface area contributed by atoms with E-state index in [1.165, 1.54) is 0 Å². The van der Waals surface area contributed by atoms with Gasteiger partial charge in [0.2, 0.25) is 0 Å². The first-order chi connectivity index (χ1) is 8.10. The minimum Gasteiger partial charge on any atom is -0.395 e. The van der Waals surface area contributed by atoms with E-state index in [9.17, 15) is 4.79 Å². The van der Waals surface area contributed by atoms with Gasteiger partial charge in [-0.1, -0.05) is 6.07 Å². The van der Waals surface area contributed by atoms with Crippen LogP contribution in [-0.2, 0) is 0 Å². The Morgan fingerprint density at radius 2 is 2.00 bits per heavy atom. The molecule has 2 rings (SSSR count). The molecule has 0 radical (unpaired) electrons. The van der Waals surface area contributed by atoms with Crippen molar-refractivity contribution < 1.29 is 5.11 Å². The zero-order valence-corrected chi connectivity index (χ0v) is 9.95. The van der Waals surface area contributed by atoms with Crippen molar-refractivity contribution in [1.29, 1.82) is 0 Å². The van der Waals surface area contributed by atoms with Gasteiger partial charge in [0.25, 0.3) is 0 Å². The molecule has 92 valence electrons. The molecule has 1 aromatic carbocycles. The van der Waals surface area contributed by atoms with Crippen LogP contribution in [0.15, 0.2) is 23.0 Å². The van der Waals surface area contributed by atoms with E-state index in [-0.39, 0.29) is 24.4 Å². The molecule has 1 unspecified atom stereocenters. The first-order valence-corrected chi connectivity index (χ1v) is 5.69. The summed E-state index contributed by atoms with van der Waals surface area (Å²) in [5.74, 6) is 0. The van der Waals surface area contributed by atoms with E-state index in [2.05, 4.69) is 15.3 Å². The molecule has 5 heteroatoms. The van der Waals surface area contributed by atoms with Crippen LogP contribution < -0.4 is 11.0 Å². The topological polar surface area (TPSA) is 80.9 Å². The first-order valence-electron chi connectivity index (χ1n) is 5.69. The maximum absolute atomic E-state index is 11.1. The summed E-state index contributed by atoms with van der Waals surface area (Å²) in [6.07, 6.45) is 0. The zero-order valence-electron chi connectivity index (χ0n) is 9.95. The van der Waals surface area contributed by atoms with Gasteiger partial charge in [-0.2, -0.15) is 0 Å². The number of fused-ring (bicyclic) bond motifs is 1. The second kappa shape index (κ2) is 4.73. The number of aromatic amines is 2. The third kappa shape index (κ3) is 2.57. The number of rotatable bonds is 4. The van der Waals surface area contributed by atoms with Gasteiger partial charge in [-0.3, -0.25) is 0 Å². The molecule has 0 amide bonds. The highest BCUT2D eigenvalue weighted by Gasteiger charge is 2.09. The number of aliphatic hydroxyl groups is 1. The molecule has 2 atom stereocenters. The second-order valence-corrected chi connectivity index (χ2v) is 4.36. The van der Waals surface area contributed by atoms with Gasteiger partial charge in [0, 0.05) is 12.1 Å². The molecule has 17 heavy (non-hydrogen) atoms.